The molecule has 0 aliphatic rings. The lowest BCUT2D eigenvalue weighted by molar-refractivity contribution is -0.143. The molecule has 0 saturated carbocycles. The normalized spacial score (nSPS) is 14.8. The van der Waals surface area contributed by atoms with Crippen molar-refractivity contribution in [3.8, 4) is 0 Å². The highest BCUT2D eigenvalue weighted by Crippen LogP contribution is 2.43. The van der Waals surface area contributed by atoms with Crippen molar-refractivity contribution in [3.63, 3.8) is 0 Å². The highest BCUT2D eigenvalue weighted by Gasteiger charge is 2.44. The molecule has 0 bridgehead atoms. The van der Waals surface area contributed by atoms with Crippen LogP contribution in [0, 0.1) is 3.57 Å². The van der Waals surface area contributed by atoms with Crippen LogP contribution in [-0.4, -0.2) is 10.1 Å². The Bertz CT molecular complexity index is 1540. The average Bonchev–Trinajstić information content (AvgIpc) is 2.92. The van der Waals surface area contributed by atoms with E-state index in [0.717, 1.165) is 18.3 Å². The number of nitrogens with zero attached hydrogens (tertiary/aromatic N) is 1. The molecular weight excluding hydrogens is 726 g/mol. The Hall–Kier alpha value is -2.88. The Balaban J connectivity index is 2.03. The first kappa shape index (κ1) is 33.0. The van der Waals surface area contributed by atoms with Crippen LogP contribution in [0.3, 0.4) is 0 Å². The molecule has 1 heterocycles. The Morgan fingerprint density at radius 3 is 1.84 bits per heavy atom. The summed E-state index contributed by atoms with van der Waals surface area (Å²) in [5.41, 5.74) is -7.23. The third kappa shape index (κ3) is 7.62. The van der Waals surface area contributed by atoms with E-state index in [1.807, 2.05) is 0 Å². The summed E-state index contributed by atoms with van der Waals surface area (Å²) in [5.74, 6) is 0. The molecule has 43 heavy (non-hydrogen) atoms. The molecule has 0 radical (unpaired) electrons. The van der Waals surface area contributed by atoms with Gasteiger partial charge in [-0.1, -0.05) is 48.0 Å². The second-order valence-electron chi connectivity index (χ2n) is 9.51. The first-order chi connectivity index (χ1) is 19.9. The summed E-state index contributed by atoms with van der Waals surface area (Å²) in [7, 11) is 0. The largest absolute Gasteiger partial charge is 0.417 e. The molecule has 1 aromatic heterocycles. The maximum Gasteiger partial charge on any atom is 0.417 e. The Morgan fingerprint density at radius 2 is 1.33 bits per heavy atom. The van der Waals surface area contributed by atoms with E-state index in [9.17, 15) is 44.6 Å². The summed E-state index contributed by atoms with van der Waals surface area (Å²) in [6, 6.07) is 14.2. The molecule has 0 amide bonds. The van der Waals surface area contributed by atoms with E-state index in [-0.39, 0.29) is 32.3 Å². The van der Waals surface area contributed by atoms with Gasteiger partial charge in [-0.3, -0.25) is 10.3 Å². The second kappa shape index (κ2) is 12.3. The third-order valence-corrected chi connectivity index (χ3v) is 7.72. The Kier molecular flexibility index (Phi) is 9.41. The predicted molar refractivity (Wildman–Crippen MR) is 149 cm³/mol. The minimum Gasteiger partial charge on any atom is -0.374 e. The van der Waals surface area contributed by atoms with Crippen LogP contribution in [0.5, 0.6) is 0 Å². The second-order valence-corrected chi connectivity index (χ2v) is 11.1. The SMILES string of the molecule is OC(NC(Cc1ccccc1)(c1cc(C(F)(F)F)cc(C(F)(F)F)c1)c1ccc(Cl)cn1)c1ccc(I)c(C(F)(F)F)c1. The van der Waals surface area contributed by atoms with E-state index < -0.39 is 52.5 Å². The Labute approximate surface area is 257 Å². The van der Waals surface area contributed by atoms with Gasteiger partial charge in [0.25, 0.3) is 0 Å². The van der Waals surface area contributed by atoms with Crippen LogP contribution in [-0.2, 0) is 30.5 Å². The van der Waals surface area contributed by atoms with Crippen LogP contribution in [0.1, 0.15) is 45.3 Å². The smallest absolute Gasteiger partial charge is 0.374 e. The lowest BCUT2D eigenvalue weighted by atomic mass is 9.78. The molecule has 4 rings (SSSR count). The number of benzene rings is 3. The molecule has 2 atom stereocenters. The standard InChI is InChI=1S/C29H19ClF9IN2O/c30-21-7-9-24(41-15-21)26(14-16-4-2-1-3-5-16,18-11-19(27(31,32)33)13-20(12-18)28(34,35)36)42-25(43)17-6-8-23(40)22(10-17)29(37,38)39/h1-13,15,25,42-43H,14H2. The van der Waals surface area contributed by atoms with Crippen LogP contribution < -0.4 is 5.32 Å². The average molecular weight is 745 g/mol. The van der Waals surface area contributed by atoms with Crippen molar-refractivity contribution in [2.45, 2.75) is 36.7 Å². The molecule has 3 nitrogen and oxygen atoms in total. The molecule has 4 aromatic rings. The number of pyridine rings is 1. The summed E-state index contributed by atoms with van der Waals surface area (Å²) in [4.78, 5) is 4.18. The molecule has 228 valence electrons. The Morgan fingerprint density at radius 1 is 0.744 bits per heavy atom. The van der Waals surface area contributed by atoms with Crippen molar-refractivity contribution in [1.82, 2.24) is 10.3 Å². The van der Waals surface area contributed by atoms with Gasteiger partial charge in [-0.25, -0.2) is 0 Å². The van der Waals surface area contributed by atoms with Crippen molar-refractivity contribution in [3.05, 3.63) is 133 Å². The maximum absolute atomic E-state index is 14.0. The van der Waals surface area contributed by atoms with Gasteiger partial charge in [0.05, 0.1) is 32.9 Å². The zero-order chi connectivity index (χ0) is 31.8. The van der Waals surface area contributed by atoms with Crippen LogP contribution in [0.4, 0.5) is 39.5 Å². The van der Waals surface area contributed by atoms with E-state index in [1.54, 1.807) is 30.3 Å². The van der Waals surface area contributed by atoms with Crippen molar-refractivity contribution in [2.75, 3.05) is 0 Å². The quantitative estimate of drug-likeness (QED) is 0.113. The van der Waals surface area contributed by atoms with Gasteiger partial charge in [0.1, 0.15) is 6.23 Å². The molecule has 0 spiro atoms. The number of hydrogen-bond donors (Lipinski definition) is 2. The van der Waals surface area contributed by atoms with Gasteiger partial charge in [-0.05, 0) is 81.7 Å². The predicted octanol–water partition coefficient (Wildman–Crippen LogP) is 9.16. The van der Waals surface area contributed by atoms with Crippen LogP contribution in [0.2, 0.25) is 5.02 Å². The molecular formula is C29H19ClF9IN2O. The summed E-state index contributed by atoms with van der Waals surface area (Å²) < 4.78 is 124. The first-order valence-electron chi connectivity index (χ1n) is 12.2. The number of alkyl halides is 9. The van der Waals surface area contributed by atoms with E-state index >= 15 is 0 Å². The summed E-state index contributed by atoms with van der Waals surface area (Å²) in [6.07, 6.45) is -16.5. The minimum atomic E-state index is -5.21. The van der Waals surface area contributed by atoms with E-state index in [2.05, 4.69) is 10.3 Å². The van der Waals surface area contributed by atoms with Crippen molar-refractivity contribution >= 4 is 34.2 Å². The van der Waals surface area contributed by atoms with E-state index in [0.29, 0.717) is 23.8 Å². The van der Waals surface area contributed by atoms with Gasteiger partial charge < -0.3 is 5.11 Å². The van der Waals surface area contributed by atoms with E-state index in [1.165, 1.54) is 34.7 Å². The van der Waals surface area contributed by atoms with E-state index in [4.69, 9.17) is 11.6 Å². The fourth-order valence-corrected chi connectivity index (χ4v) is 5.28. The first-order valence-corrected chi connectivity index (χ1v) is 13.6. The lowest BCUT2D eigenvalue weighted by Gasteiger charge is -2.38. The number of aromatic nitrogens is 1. The van der Waals surface area contributed by atoms with Gasteiger partial charge in [0.15, 0.2) is 0 Å². The molecule has 0 fully saturated rings. The summed E-state index contributed by atoms with van der Waals surface area (Å²) in [5, 5.41) is 14.0. The summed E-state index contributed by atoms with van der Waals surface area (Å²) in [6.45, 7) is 0. The number of rotatable bonds is 7. The van der Waals surface area contributed by atoms with Crippen molar-refractivity contribution in [1.29, 1.82) is 0 Å². The summed E-state index contributed by atoms with van der Waals surface area (Å²) >= 11 is 7.43. The number of aliphatic hydroxyl groups excluding tert-OH is 1. The minimum absolute atomic E-state index is 0.0444. The van der Waals surface area contributed by atoms with Gasteiger partial charge in [0, 0.05) is 16.2 Å². The van der Waals surface area contributed by atoms with Gasteiger partial charge >= 0.3 is 18.5 Å². The molecule has 0 aliphatic carbocycles. The third-order valence-electron chi connectivity index (χ3n) is 6.55. The zero-order valence-corrected chi connectivity index (χ0v) is 24.3. The van der Waals surface area contributed by atoms with Crippen molar-refractivity contribution in [2.24, 2.45) is 0 Å². The number of halogens is 11. The number of hydrogen-bond acceptors (Lipinski definition) is 3. The molecule has 3 aromatic carbocycles. The molecule has 2 unspecified atom stereocenters. The fraction of sp³-hybridized carbons (Fsp3) is 0.207. The van der Waals surface area contributed by atoms with Crippen LogP contribution in [0.15, 0.2) is 85.1 Å². The molecule has 2 N–H and O–H groups in total. The fourth-order valence-electron chi connectivity index (χ4n) is 4.53. The molecule has 0 aliphatic heterocycles. The van der Waals surface area contributed by atoms with Gasteiger partial charge in [-0.15, -0.1) is 0 Å². The van der Waals surface area contributed by atoms with Crippen LogP contribution >= 0.6 is 34.2 Å². The topological polar surface area (TPSA) is 45.1 Å². The van der Waals surface area contributed by atoms with Crippen molar-refractivity contribution < 1.29 is 44.6 Å². The number of aliphatic hydroxyl groups is 1. The molecule has 0 saturated heterocycles. The molecule has 14 heteroatoms. The van der Waals surface area contributed by atoms with Gasteiger partial charge in [0.2, 0.25) is 0 Å². The van der Waals surface area contributed by atoms with Gasteiger partial charge in [-0.2, -0.15) is 39.5 Å². The highest BCUT2D eigenvalue weighted by molar-refractivity contribution is 14.1. The number of nitrogens with one attached hydrogen (secondary N) is 1. The zero-order valence-electron chi connectivity index (χ0n) is 21.4. The highest BCUT2D eigenvalue weighted by atomic mass is 127. The monoisotopic (exact) mass is 744 g/mol. The van der Waals surface area contributed by atoms with Crippen LogP contribution in [0.25, 0.3) is 0 Å². The maximum atomic E-state index is 14.0. The lowest BCUT2D eigenvalue weighted by Crippen LogP contribution is -2.48.